The Balaban J connectivity index is 2.95. The molecule has 0 aromatic carbocycles. The molecule has 3 amide bonds. The zero-order chi connectivity index (χ0) is 22.1. The zero-order valence-corrected chi connectivity index (χ0v) is 18.5. The maximum absolute atomic E-state index is 13.0. The van der Waals surface area contributed by atoms with Gasteiger partial charge in [0.2, 0.25) is 17.7 Å². The summed E-state index contributed by atoms with van der Waals surface area (Å²) in [5.74, 6) is -1.57. The van der Waals surface area contributed by atoms with Gasteiger partial charge in [-0.1, -0.05) is 13.8 Å². The van der Waals surface area contributed by atoms with Gasteiger partial charge in [0.15, 0.2) is 0 Å². The molecule has 29 heavy (non-hydrogen) atoms. The van der Waals surface area contributed by atoms with E-state index in [1.54, 1.807) is 0 Å². The quantitative estimate of drug-likeness (QED) is 0.366. The maximum atomic E-state index is 13.0. The fourth-order valence-electron chi connectivity index (χ4n) is 3.26. The molecule has 0 bridgehead atoms. The first-order valence-electron chi connectivity index (χ1n) is 9.97. The molecule has 0 saturated carbocycles. The number of amides is 3. The van der Waals surface area contributed by atoms with Gasteiger partial charge in [-0.05, 0) is 50.5 Å². The molecule has 9 nitrogen and oxygen atoms in total. The van der Waals surface area contributed by atoms with E-state index < -0.39 is 42.0 Å². The first-order valence-corrected chi connectivity index (χ1v) is 11.4. The second kappa shape index (κ2) is 12.0. The van der Waals surface area contributed by atoms with Gasteiger partial charge in [-0.3, -0.25) is 14.4 Å². The van der Waals surface area contributed by atoms with E-state index in [-0.39, 0.29) is 11.8 Å². The highest BCUT2D eigenvalue weighted by molar-refractivity contribution is 7.98. The third kappa shape index (κ3) is 7.85. The molecule has 1 aliphatic rings. The molecule has 10 heteroatoms. The Morgan fingerprint density at radius 3 is 2.28 bits per heavy atom. The summed E-state index contributed by atoms with van der Waals surface area (Å²) >= 11 is 1.54. The minimum Gasteiger partial charge on any atom is -0.480 e. The minimum absolute atomic E-state index is 0.110. The molecule has 166 valence electrons. The van der Waals surface area contributed by atoms with Gasteiger partial charge in [-0.15, -0.1) is 0 Å². The van der Waals surface area contributed by atoms with Crippen molar-refractivity contribution in [3.05, 3.63) is 0 Å². The van der Waals surface area contributed by atoms with Gasteiger partial charge in [0.1, 0.15) is 18.1 Å². The summed E-state index contributed by atoms with van der Waals surface area (Å²) in [5, 5.41) is 14.8. The molecule has 0 aromatic rings. The van der Waals surface area contributed by atoms with E-state index in [0.29, 0.717) is 38.0 Å². The van der Waals surface area contributed by atoms with Crippen LogP contribution in [0.2, 0.25) is 0 Å². The number of thioether (sulfide) groups is 1. The van der Waals surface area contributed by atoms with Crippen LogP contribution >= 0.6 is 11.8 Å². The fourth-order valence-corrected chi connectivity index (χ4v) is 3.73. The molecule has 0 aromatic heterocycles. The molecule has 0 radical (unpaired) electrons. The van der Waals surface area contributed by atoms with Crippen molar-refractivity contribution in [2.24, 2.45) is 11.7 Å². The molecule has 1 heterocycles. The Labute approximate surface area is 176 Å². The molecule has 1 saturated heterocycles. The number of carbonyl (C=O) groups is 4. The Morgan fingerprint density at radius 1 is 1.14 bits per heavy atom. The third-order valence-electron chi connectivity index (χ3n) is 4.80. The summed E-state index contributed by atoms with van der Waals surface area (Å²) in [6.07, 6.45) is 3.70. The van der Waals surface area contributed by atoms with Crippen molar-refractivity contribution in [1.82, 2.24) is 15.5 Å². The number of carboxylic acid groups (broad SMARTS) is 1. The number of rotatable bonds is 11. The van der Waals surface area contributed by atoms with E-state index in [1.807, 2.05) is 20.1 Å². The monoisotopic (exact) mass is 430 g/mol. The van der Waals surface area contributed by atoms with E-state index in [4.69, 9.17) is 5.73 Å². The van der Waals surface area contributed by atoms with E-state index in [2.05, 4.69) is 10.6 Å². The lowest BCUT2D eigenvalue weighted by molar-refractivity contribution is -0.149. The van der Waals surface area contributed by atoms with Crippen LogP contribution < -0.4 is 16.4 Å². The fraction of sp³-hybridized carbons (Fsp3) is 0.789. The number of aliphatic carboxylic acids is 1. The smallest absolute Gasteiger partial charge is 0.326 e. The number of hydrogen-bond donors (Lipinski definition) is 4. The maximum Gasteiger partial charge on any atom is 0.326 e. The average Bonchev–Trinajstić information content (AvgIpc) is 3.13. The van der Waals surface area contributed by atoms with Gasteiger partial charge in [-0.25, -0.2) is 4.79 Å². The molecule has 0 aliphatic carbocycles. The number of carbonyl (C=O) groups excluding carboxylic acids is 3. The predicted octanol–water partition coefficient (Wildman–Crippen LogP) is 0.178. The Morgan fingerprint density at radius 2 is 1.76 bits per heavy atom. The lowest BCUT2D eigenvalue weighted by Gasteiger charge is -2.29. The van der Waals surface area contributed by atoms with Crippen LogP contribution in [0.4, 0.5) is 0 Å². The van der Waals surface area contributed by atoms with Crippen LogP contribution in [-0.2, 0) is 19.2 Å². The molecule has 5 N–H and O–H groups in total. The molecule has 1 aliphatic heterocycles. The highest BCUT2D eigenvalue weighted by Crippen LogP contribution is 2.20. The normalized spacial score (nSPS) is 19.5. The summed E-state index contributed by atoms with van der Waals surface area (Å²) in [4.78, 5) is 50.7. The number of nitrogens with one attached hydrogen (secondary N) is 2. The van der Waals surface area contributed by atoms with Gasteiger partial charge in [0.05, 0.1) is 6.04 Å². The largest absolute Gasteiger partial charge is 0.480 e. The van der Waals surface area contributed by atoms with Crippen LogP contribution in [0.15, 0.2) is 0 Å². The third-order valence-corrected chi connectivity index (χ3v) is 5.44. The summed E-state index contributed by atoms with van der Waals surface area (Å²) in [7, 11) is 0. The molecule has 4 unspecified atom stereocenters. The van der Waals surface area contributed by atoms with Gasteiger partial charge < -0.3 is 26.4 Å². The Hall–Kier alpha value is -1.81. The van der Waals surface area contributed by atoms with E-state index in [1.165, 1.54) is 23.6 Å². The molecule has 0 spiro atoms. The SMILES string of the molecule is CSCCC(NC(=O)C(C)N)C(=O)NC(CC(C)C)C(=O)N1CCCC1C(=O)O. The van der Waals surface area contributed by atoms with Crippen molar-refractivity contribution in [1.29, 1.82) is 0 Å². The minimum atomic E-state index is -1.03. The van der Waals surface area contributed by atoms with Crippen molar-refractivity contribution in [2.45, 2.75) is 70.6 Å². The predicted molar refractivity (Wildman–Crippen MR) is 112 cm³/mol. The van der Waals surface area contributed by atoms with Gasteiger partial charge >= 0.3 is 5.97 Å². The number of hydrogen-bond acceptors (Lipinski definition) is 6. The molecule has 1 fully saturated rings. The van der Waals surface area contributed by atoms with E-state index in [9.17, 15) is 24.3 Å². The van der Waals surface area contributed by atoms with Crippen LogP contribution in [0.1, 0.15) is 46.5 Å². The van der Waals surface area contributed by atoms with Crippen LogP contribution in [-0.4, -0.2) is 76.4 Å². The van der Waals surface area contributed by atoms with Crippen LogP contribution in [0.25, 0.3) is 0 Å². The van der Waals surface area contributed by atoms with Crippen molar-refractivity contribution >= 4 is 35.5 Å². The topological polar surface area (TPSA) is 142 Å². The lowest BCUT2D eigenvalue weighted by Crippen LogP contribution is -2.57. The first kappa shape index (κ1) is 25.2. The molecular formula is C19H34N4O5S. The van der Waals surface area contributed by atoms with Gasteiger partial charge in [-0.2, -0.15) is 11.8 Å². The van der Waals surface area contributed by atoms with Crippen LogP contribution in [0, 0.1) is 5.92 Å². The molecule has 4 atom stereocenters. The second-order valence-corrected chi connectivity index (χ2v) is 8.84. The first-order chi connectivity index (χ1) is 13.6. The summed E-state index contributed by atoms with van der Waals surface area (Å²) in [6.45, 7) is 5.74. The number of nitrogens with two attached hydrogens (primary N) is 1. The lowest BCUT2D eigenvalue weighted by atomic mass is 10.0. The van der Waals surface area contributed by atoms with Gasteiger partial charge in [0, 0.05) is 6.54 Å². The highest BCUT2D eigenvalue weighted by atomic mass is 32.2. The van der Waals surface area contributed by atoms with Crippen molar-refractivity contribution in [3.63, 3.8) is 0 Å². The van der Waals surface area contributed by atoms with Crippen LogP contribution in [0.3, 0.4) is 0 Å². The van der Waals surface area contributed by atoms with Crippen molar-refractivity contribution in [3.8, 4) is 0 Å². The molecule has 1 rings (SSSR count). The van der Waals surface area contributed by atoms with Crippen molar-refractivity contribution < 1.29 is 24.3 Å². The summed E-state index contributed by atoms with van der Waals surface area (Å²) in [6, 6.07) is -3.27. The van der Waals surface area contributed by atoms with E-state index in [0.717, 1.165) is 0 Å². The standard InChI is InChI=1S/C19H34N4O5S/c1-11(2)10-14(18(26)23-8-5-6-15(23)19(27)28)22-17(25)13(7-9-29-4)21-16(24)12(3)20/h11-15H,5-10,20H2,1-4H3,(H,21,24)(H,22,25)(H,27,28). The highest BCUT2D eigenvalue weighted by Gasteiger charge is 2.38. The number of nitrogens with zero attached hydrogens (tertiary/aromatic N) is 1. The van der Waals surface area contributed by atoms with Crippen LogP contribution in [0.5, 0.6) is 0 Å². The summed E-state index contributed by atoms with van der Waals surface area (Å²) in [5.41, 5.74) is 5.59. The number of carboxylic acids is 1. The van der Waals surface area contributed by atoms with Gasteiger partial charge in [0.25, 0.3) is 0 Å². The van der Waals surface area contributed by atoms with Crippen molar-refractivity contribution in [2.75, 3.05) is 18.6 Å². The Bertz CT molecular complexity index is 599. The Kier molecular flexibility index (Phi) is 10.5. The number of likely N-dealkylation sites (tertiary alicyclic amines) is 1. The summed E-state index contributed by atoms with van der Waals surface area (Å²) < 4.78 is 0. The molecular weight excluding hydrogens is 396 g/mol. The zero-order valence-electron chi connectivity index (χ0n) is 17.6. The van der Waals surface area contributed by atoms with E-state index >= 15 is 0 Å². The second-order valence-electron chi connectivity index (χ2n) is 7.85. The average molecular weight is 431 g/mol.